The van der Waals surface area contributed by atoms with Crippen molar-refractivity contribution in [3.8, 4) is 11.1 Å². The minimum Gasteiger partial charge on any atom is -0.206 e. The molecule has 2 aromatic rings. The van der Waals surface area contributed by atoms with E-state index in [1.54, 1.807) is 0 Å². The average molecular weight is 258 g/mol. The molecule has 5 heteroatoms. The van der Waals surface area contributed by atoms with Crippen molar-refractivity contribution in [3.63, 3.8) is 0 Å². The van der Waals surface area contributed by atoms with E-state index in [0.29, 0.717) is 0 Å². The van der Waals surface area contributed by atoms with Gasteiger partial charge in [-0.2, -0.15) is 0 Å². The minimum absolute atomic E-state index is 0.380. The maximum Gasteiger partial charge on any atom is 0.263 e. The fraction of sp³-hybridized carbons (Fsp3) is 0.0769. The van der Waals surface area contributed by atoms with Crippen LogP contribution >= 0.6 is 0 Å². The zero-order valence-electron chi connectivity index (χ0n) is 8.93. The SMILES string of the molecule is Fc1ccc(C(F)F)cc1-c1cccc(F)c1F. The van der Waals surface area contributed by atoms with Gasteiger partial charge in [0.2, 0.25) is 0 Å². The van der Waals surface area contributed by atoms with Gasteiger partial charge < -0.3 is 0 Å². The molecule has 0 unspecified atom stereocenters. The van der Waals surface area contributed by atoms with Gasteiger partial charge in [-0.05, 0) is 18.2 Å². The first kappa shape index (κ1) is 12.5. The molecule has 0 atom stereocenters. The Morgan fingerprint density at radius 2 is 1.50 bits per heavy atom. The average Bonchev–Trinajstić information content (AvgIpc) is 2.33. The van der Waals surface area contributed by atoms with Crippen molar-refractivity contribution in [2.75, 3.05) is 0 Å². The molecular formula is C13H7F5. The third-order valence-corrected chi connectivity index (χ3v) is 2.48. The summed E-state index contributed by atoms with van der Waals surface area (Å²) in [5, 5.41) is 0. The second-order valence-electron chi connectivity index (χ2n) is 3.64. The van der Waals surface area contributed by atoms with Gasteiger partial charge in [-0.1, -0.05) is 18.2 Å². The Kier molecular flexibility index (Phi) is 3.32. The zero-order chi connectivity index (χ0) is 13.3. The number of rotatable bonds is 2. The molecule has 94 valence electrons. The fourth-order valence-corrected chi connectivity index (χ4v) is 1.60. The first-order chi connectivity index (χ1) is 8.50. The van der Waals surface area contributed by atoms with Gasteiger partial charge in [0.15, 0.2) is 11.6 Å². The monoisotopic (exact) mass is 258 g/mol. The van der Waals surface area contributed by atoms with Crippen molar-refractivity contribution >= 4 is 0 Å². The van der Waals surface area contributed by atoms with Crippen LogP contribution in [0.5, 0.6) is 0 Å². The van der Waals surface area contributed by atoms with Gasteiger partial charge in [-0.3, -0.25) is 0 Å². The smallest absolute Gasteiger partial charge is 0.206 e. The number of hydrogen-bond acceptors (Lipinski definition) is 0. The van der Waals surface area contributed by atoms with Crippen LogP contribution in [0.15, 0.2) is 36.4 Å². The molecule has 0 N–H and O–H groups in total. The summed E-state index contributed by atoms with van der Waals surface area (Å²) in [5.41, 5.74) is -1.21. The predicted molar refractivity (Wildman–Crippen MR) is 56.7 cm³/mol. The van der Waals surface area contributed by atoms with E-state index >= 15 is 0 Å². The lowest BCUT2D eigenvalue weighted by Gasteiger charge is -2.08. The van der Waals surface area contributed by atoms with E-state index in [1.807, 2.05) is 0 Å². The van der Waals surface area contributed by atoms with Crippen LogP contribution < -0.4 is 0 Å². The molecule has 0 amide bonds. The van der Waals surface area contributed by atoms with E-state index in [4.69, 9.17) is 0 Å². The summed E-state index contributed by atoms with van der Waals surface area (Å²) in [6, 6.07) is 5.71. The Morgan fingerprint density at radius 3 is 2.17 bits per heavy atom. The van der Waals surface area contributed by atoms with Crippen molar-refractivity contribution < 1.29 is 22.0 Å². The summed E-state index contributed by atoms with van der Waals surface area (Å²) < 4.78 is 64.9. The zero-order valence-corrected chi connectivity index (χ0v) is 8.93. The molecule has 2 aromatic carbocycles. The molecule has 0 saturated heterocycles. The molecule has 0 aliphatic rings. The third-order valence-electron chi connectivity index (χ3n) is 2.48. The standard InChI is InChI=1S/C13H7F5/c14-10-5-4-7(13(17)18)6-9(10)8-2-1-3-11(15)12(8)16/h1-6,13H. The van der Waals surface area contributed by atoms with Crippen LogP contribution in [0, 0.1) is 17.5 Å². The van der Waals surface area contributed by atoms with Gasteiger partial charge in [0.1, 0.15) is 5.82 Å². The van der Waals surface area contributed by atoms with Gasteiger partial charge in [-0.25, -0.2) is 22.0 Å². The van der Waals surface area contributed by atoms with E-state index in [2.05, 4.69) is 0 Å². The minimum atomic E-state index is -2.80. The predicted octanol–water partition coefficient (Wildman–Crippen LogP) is 4.71. The topological polar surface area (TPSA) is 0 Å². The van der Waals surface area contributed by atoms with Crippen LogP contribution in [0.4, 0.5) is 22.0 Å². The Labute approximate surface area is 99.7 Å². The van der Waals surface area contributed by atoms with E-state index < -0.39 is 29.4 Å². The van der Waals surface area contributed by atoms with Crippen molar-refractivity contribution in [1.29, 1.82) is 0 Å². The molecule has 2 rings (SSSR count). The lowest BCUT2D eigenvalue weighted by atomic mass is 10.0. The summed E-state index contributed by atoms with van der Waals surface area (Å²) in [6.07, 6.45) is -2.80. The molecule has 0 spiro atoms. The lowest BCUT2D eigenvalue weighted by molar-refractivity contribution is 0.151. The number of hydrogen-bond donors (Lipinski definition) is 0. The Hall–Kier alpha value is -1.91. The largest absolute Gasteiger partial charge is 0.263 e. The van der Waals surface area contributed by atoms with Gasteiger partial charge in [0.25, 0.3) is 6.43 Å². The lowest BCUT2D eigenvalue weighted by Crippen LogP contribution is -1.94. The number of alkyl halides is 2. The van der Waals surface area contributed by atoms with E-state index in [0.717, 1.165) is 30.3 Å². The van der Waals surface area contributed by atoms with Crippen LogP contribution in [0.1, 0.15) is 12.0 Å². The fourth-order valence-electron chi connectivity index (χ4n) is 1.60. The van der Waals surface area contributed by atoms with Gasteiger partial charge in [0, 0.05) is 16.7 Å². The van der Waals surface area contributed by atoms with E-state index in [1.165, 1.54) is 6.07 Å². The van der Waals surface area contributed by atoms with E-state index in [-0.39, 0.29) is 11.1 Å². The van der Waals surface area contributed by atoms with E-state index in [9.17, 15) is 22.0 Å². The molecule has 0 radical (unpaired) electrons. The first-order valence-corrected chi connectivity index (χ1v) is 5.02. The highest BCUT2D eigenvalue weighted by molar-refractivity contribution is 5.65. The Morgan fingerprint density at radius 1 is 0.778 bits per heavy atom. The molecule has 0 aliphatic carbocycles. The second kappa shape index (κ2) is 4.76. The van der Waals surface area contributed by atoms with Gasteiger partial charge in [0.05, 0.1) is 0 Å². The summed E-state index contributed by atoms with van der Waals surface area (Å²) >= 11 is 0. The van der Waals surface area contributed by atoms with Crippen molar-refractivity contribution in [1.82, 2.24) is 0 Å². The Bertz CT molecular complexity index is 578. The van der Waals surface area contributed by atoms with Crippen LogP contribution in [-0.4, -0.2) is 0 Å². The number of halogens is 5. The molecule has 0 fully saturated rings. The highest BCUT2D eigenvalue weighted by Gasteiger charge is 2.16. The molecule has 0 heterocycles. The van der Waals surface area contributed by atoms with Crippen LogP contribution in [0.25, 0.3) is 11.1 Å². The first-order valence-electron chi connectivity index (χ1n) is 5.02. The summed E-state index contributed by atoms with van der Waals surface area (Å²) in [7, 11) is 0. The highest BCUT2D eigenvalue weighted by Crippen LogP contribution is 2.30. The molecule has 18 heavy (non-hydrogen) atoms. The van der Waals surface area contributed by atoms with Crippen LogP contribution in [0.3, 0.4) is 0 Å². The summed E-state index contributed by atoms with van der Waals surface area (Å²) in [4.78, 5) is 0. The molecule has 0 bridgehead atoms. The molecular weight excluding hydrogens is 251 g/mol. The van der Waals surface area contributed by atoms with Crippen molar-refractivity contribution in [3.05, 3.63) is 59.4 Å². The maximum absolute atomic E-state index is 13.5. The second-order valence-corrected chi connectivity index (χ2v) is 3.64. The molecule has 0 nitrogen and oxygen atoms in total. The molecule has 0 aromatic heterocycles. The summed E-state index contributed by atoms with van der Waals surface area (Å²) in [5.74, 6) is -3.30. The highest BCUT2D eigenvalue weighted by atomic mass is 19.3. The normalized spacial score (nSPS) is 11.0. The van der Waals surface area contributed by atoms with Gasteiger partial charge >= 0.3 is 0 Å². The quantitative estimate of drug-likeness (QED) is 0.684. The van der Waals surface area contributed by atoms with Crippen LogP contribution in [-0.2, 0) is 0 Å². The number of benzene rings is 2. The summed E-state index contributed by atoms with van der Waals surface area (Å²) in [6.45, 7) is 0. The third kappa shape index (κ3) is 2.20. The maximum atomic E-state index is 13.5. The van der Waals surface area contributed by atoms with Crippen molar-refractivity contribution in [2.45, 2.75) is 6.43 Å². The molecule has 0 saturated carbocycles. The van der Waals surface area contributed by atoms with Gasteiger partial charge in [-0.15, -0.1) is 0 Å². The molecule has 0 aliphatic heterocycles. The van der Waals surface area contributed by atoms with Crippen LogP contribution in [0.2, 0.25) is 0 Å². The van der Waals surface area contributed by atoms with Crippen molar-refractivity contribution in [2.24, 2.45) is 0 Å². The Balaban J connectivity index is 2.63.